The highest BCUT2D eigenvalue weighted by atomic mass is 35.5. The van der Waals surface area contributed by atoms with Crippen molar-refractivity contribution >= 4 is 34.9 Å². The zero-order valence-corrected chi connectivity index (χ0v) is 17.6. The second kappa shape index (κ2) is 9.24. The van der Waals surface area contributed by atoms with Crippen LogP contribution in [0.5, 0.6) is 0 Å². The van der Waals surface area contributed by atoms with Gasteiger partial charge in [0.05, 0.1) is 31.6 Å². The van der Waals surface area contributed by atoms with E-state index in [0.717, 1.165) is 0 Å². The number of hydrogen-bond acceptors (Lipinski definition) is 7. The second-order valence-electron chi connectivity index (χ2n) is 6.96. The van der Waals surface area contributed by atoms with Gasteiger partial charge in [-0.1, -0.05) is 29.8 Å². The molecule has 0 amide bonds. The molecule has 0 bridgehead atoms. The highest BCUT2D eigenvalue weighted by molar-refractivity contribution is 6.33. The second-order valence-corrected chi connectivity index (χ2v) is 7.37. The van der Waals surface area contributed by atoms with Crippen molar-refractivity contribution in [3.05, 3.63) is 55.7 Å². The first-order valence-corrected chi connectivity index (χ1v) is 9.68. The van der Waals surface area contributed by atoms with Crippen LogP contribution in [-0.4, -0.2) is 49.2 Å². The largest absolute Gasteiger partial charge is 0.389 e. The Morgan fingerprint density at radius 2 is 2.10 bits per heavy atom. The number of aromatic amines is 1. The van der Waals surface area contributed by atoms with Crippen LogP contribution < -0.4 is 16.7 Å². The summed E-state index contributed by atoms with van der Waals surface area (Å²) in [5.41, 5.74) is 2.55. The molecule has 0 saturated heterocycles. The smallest absolute Gasteiger partial charge is 0.329 e. The first-order chi connectivity index (χ1) is 14.3. The van der Waals surface area contributed by atoms with Gasteiger partial charge in [-0.3, -0.25) is 14.3 Å². The fraction of sp³-hybridized carbons (Fsp3) is 0.368. The first-order valence-electron chi connectivity index (χ1n) is 9.30. The number of aromatic nitrogens is 4. The minimum absolute atomic E-state index is 0.00838. The van der Waals surface area contributed by atoms with Crippen molar-refractivity contribution in [3.63, 3.8) is 0 Å². The van der Waals surface area contributed by atoms with Gasteiger partial charge in [-0.25, -0.2) is 10.2 Å². The van der Waals surface area contributed by atoms with Crippen molar-refractivity contribution in [2.75, 3.05) is 12.0 Å². The Morgan fingerprint density at radius 1 is 1.37 bits per heavy atom. The molecule has 3 N–H and O–H groups in total. The Morgan fingerprint density at radius 3 is 2.80 bits per heavy atom. The molecule has 2 aromatic heterocycles. The molecule has 0 aliphatic heterocycles. The number of hydrogen-bond donors (Lipinski definition) is 3. The predicted octanol–water partition coefficient (Wildman–Crippen LogP) is 1.31. The van der Waals surface area contributed by atoms with Crippen LogP contribution in [0.15, 0.2) is 39.0 Å². The number of nitrogens with one attached hydrogen (secondary N) is 2. The molecule has 2 heterocycles. The number of H-pyrrole nitrogens is 1. The zero-order valence-electron chi connectivity index (χ0n) is 16.8. The van der Waals surface area contributed by atoms with Gasteiger partial charge in [0.1, 0.15) is 0 Å². The van der Waals surface area contributed by atoms with E-state index in [2.05, 4.69) is 20.5 Å². The van der Waals surface area contributed by atoms with Gasteiger partial charge in [0.25, 0.3) is 5.56 Å². The van der Waals surface area contributed by atoms with Crippen molar-refractivity contribution in [1.82, 2.24) is 19.1 Å². The molecule has 3 aromatic rings. The Balaban J connectivity index is 1.98. The molecule has 0 aliphatic carbocycles. The number of halogens is 1. The van der Waals surface area contributed by atoms with E-state index >= 15 is 0 Å². The van der Waals surface area contributed by atoms with Crippen LogP contribution in [0.4, 0.5) is 5.95 Å². The van der Waals surface area contributed by atoms with Crippen molar-refractivity contribution in [1.29, 1.82) is 0 Å². The maximum Gasteiger partial charge on any atom is 0.329 e. The average Bonchev–Trinajstić information content (AvgIpc) is 3.05. The summed E-state index contributed by atoms with van der Waals surface area (Å²) in [6.45, 7) is 3.80. The molecular formula is C19H23ClN6O4. The fourth-order valence-corrected chi connectivity index (χ4v) is 2.99. The molecule has 3 rings (SSSR count). The Labute approximate surface area is 176 Å². The van der Waals surface area contributed by atoms with E-state index in [1.807, 2.05) is 19.9 Å². The molecule has 1 atom stereocenters. The summed E-state index contributed by atoms with van der Waals surface area (Å²) in [6.07, 6.45) is 0.545. The number of aliphatic hydroxyl groups is 1. The van der Waals surface area contributed by atoms with E-state index in [0.29, 0.717) is 10.6 Å². The van der Waals surface area contributed by atoms with Gasteiger partial charge >= 0.3 is 5.69 Å². The van der Waals surface area contributed by atoms with Gasteiger partial charge in [0.15, 0.2) is 11.2 Å². The highest BCUT2D eigenvalue weighted by Crippen LogP contribution is 2.17. The van der Waals surface area contributed by atoms with Gasteiger partial charge in [-0.15, -0.1) is 0 Å². The number of imidazole rings is 1. The van der Waals surface area contributed by atoms with Gasteiger partial charge in [-0.05, 0) is 19.9 Å². The van der Waals surface area contributed by atoms with Gasteiger partial charge < -0.3 is 14.4 Å². The number of anilines is 1. The average molecular weight is 435 g/mol. The fourth-order valence-electron chi connectivity index (χ4n) is 2.80. The number of aliphatic hydroxyl groups excluding tert-OH is 1. The van der Waals surface area contributed by atoms with Crippen molar-refractivity contribution in [3.8, 4) is 0 Å². The lowest BCUT2D eigenvalue weighted by Crippen LogP contribution is -2.30. The molecule has 30 heavy (non-hydrogen) atoms. The molecule has 160 valence electrons. The Hall–Kier alpha value is -2.95. The molecular weight excluding hydrogens is 412 g/mol. The lowest BCUT2D eigenvalue weighted by atomic mass is 10.2. The first kappa shape index (κ1) is 21.8. The number of hydrazone groups is 1. The van der Waals surface area contributed by atoms with Crippen LogP contribution in [0.1, 0.15) is 19.4 Å². The SMILES string of the molecule is CC(C)OC[C@H](O)Cn1c(N/N=C/c2ccccc2Cl)nc2c1c(=O)[nH]c(=O)n2C. The minimum atomic E-state index is -0.908. The maximum atomic E-state index is 12.4. The lowest BCUT2D eigenvalue weighted by molar-refractivity contribution is -0.000105. The summed E-state index contributed by atoms with van der Waals surface area (Å²) in [4.78, 5) is 31.0. The third kappa shape index (κ3) is 4.78. The van der Waals surface area contributed by atoms with Crippen LogP contribution in [0, 0.1) is 0 Å². The van der Waals surface area contributed by atoms with E-state index in [1.165, 1.54) is 22.4 Å². The molecule has 0 fully saturated rings. The van der Waals surface area contributed by atoms with Crippen LogP contribution in [-0.2, 0) is 18.3 Å². The number of ether oxygens (including phenoxy) is 1. The Bertz CT molecular complexity index is 1180. The van der Waals surface area contributed by atoms with Crippen molar-refractivity contribution < 1.29 is 9.84 Å². The third-order valence-corrected chi connectivity index (χ3v) is 4.64. The predicted molar refractivity (Wildman–Crippen MR) is 115 cm³/mol. The monoisotopic (exact) mass is 434 g/mol. The van der Waals surface area contributed by atoms with Gasteiger partial charge in [0.2, 0.25) is 5.95 Å². The Kier molecular flexibility index (Phi) is 6.70. The third-order valence-electron chi connectivity index (χ3n) is 4.30. The highest BCUT2D eigenvalue weighted by Gasteiger charge is 2.19. The summed E-state index contributed by atoms with van der Waals surface area (Å²) in [7, 11) is 1.49. The number of rotatable bonds is 8. The van der Waals surface area contributed by atoms with Crippen molar-refractivity contribution in [2.24, 2.45) is 12.1 Å². The number of fused-ring (bicyclic) bond motifs is 1. The summed E-state index contributed by atoms with van der Waals surface area (Å²) in [5.74, 6) is 0.184. The standard InChI is InChI=1S/C19H23ClN6O4/c1-11(2)30-10-13(27)9-26-15-16(25(3)19(29)23-17(15)28)22-18(26)24-21-8-12-6-4-5-7-14(12)20/h4-8,11,13,27H,9-10H2,1-3H3,(H,22,24)(H,23,28,29)/b21-8+/t13-/m1/s1. The number of nitrogens with zero attached hydrogens (tertiary/aromatic N) is 4. The van der Waals surface area contributed by atoms with Gasteiger partial charge in [-0.2, -0.15) is 10.1 Å². The van der Waals surface area contributed by atoms with E-state index in [1.54, 1.807) is 18.2 Å². The van der Waals surface area contributed by atoms with Crippen LogP contribution in [0.2, 0.25) is 5.02 Å². The van der Waals surface area contributed by atoms with Gasteiger partial charge in [0, 0.05) is 17.6 Å². The van der Waals surface area contributed by atoms with E-state index in [-0.39, 0.29) is 36.4 Å². The minimum Gasteiger partial charge on any atom is -0.389 e. The van der Waals surface area contributed by atoms with E-state index < -0.39 is 17.4 Å². The topological polar surface area (TPSA) is 127 Å². The maximum absolute atomic E-state index is 12.4. The number of benzene rings is 1. The zero-order chi connectivity index (χ0) is 21.8. The van der Waals surface area contributed by atoms with Crippen LogP contribution in [0.25, 0.3) is 11.2 Å². The molecule has 0 spiro atoms. The molecule has 11 heteroatoms. The summed E-state index contributed by atoms with van der Waals surface area (Å²) in [5, 5.41) is 15.0. The van der Waals surface area contributed by atoms with Crippen LogP contribution in [0.3, 0.4) is 0 Å². The van der Waals surface area contributed by atoms with Crippen molar-refractivity contribution in [2.45, 2.75) is 32.6 Å². The summed E-state index contributed by atoms with van der Waals surface area (Å²) >= 11 is 6.12. The molecule has 0 radical (unpaired) electrons. The van der Waals surface area contributed by atoms with E-state index in [9.17, 15) is 14.7 Å². The molecule has 0 aliphatic rings. The summed E-state index contributed by atoms with van der Waals surface area (Å²) < 4.78 is 8.12. The lowest BCUT2D eigenvalue weighted by Gasteiger charge is -2.15. The van der Waals surface area contributed by atoms with E-state index in [4.69, 9.17) is 16.3 Å². The quantitative estimate of drug-likeness (QED) is 0.362. The molecule has 10 nitrogen and oxygen atoms in total. The summed E-state index contributed by atoms with van der Waals surface area (Å²) in [6, 6.07) is 7.15. The molecule has 1 aromatic carbocycles. The normalized spacial score (nSPS) is 12.9. The number of aryl methyl sites for hydroxylation is 1. The molecule has 0 unspecified atom stereocenters. The molecule has 0 saturated carbocycles. The van der Waals surface area contributed by atoms with Crippen LogP contribution >= 0.6 is 11.6 Å².